The second kappa shape index (κ2) is 15.0. The van der Waals surface area contributed by atoms with Crippen molar-refractivity contribution in [2.75, 3.05) is 28.8 Å². The highest BCUT2D eigenvalue weighted by Crippen LogP contribution is 2.23. The number of methoxy groups -OCH3 is 1. The summed E-state index contributed by atoms with van der Waals surface area (Å²) in [6.07, 6.45) is 1.57. The average Bonchev–Trinajstić information content (AvgIpc) is 3.01. The molecule has 0 atom stereocenters. The summed E-state index contributed by atoms with van der Waals surface area (Å²) in [6, 6.07) is 29.6. The van der Waals surface area contributed by atoms with Crippen LogP contribution in [0, 0.1) is 0 Å². The molecule has 4 rings (SSSR count). The number of benzene rings is 4. The van der Waals surface area contributed by atoms with Gasteiger partial charge in [0.05, 0.1) is 12.9 Å². The number of hydrogen-bond acceptors (Lipinski definition) is 6. The van der Waals surface area contributed by atoms with E-state index in [2.05, 4.69) is 21.3 Å². The van der Waals surface area contributed by atoms with Crippen LogP contribution in [-0.2, 0) is 14.4 Å². The Hall–Kier alpha value is -5.35. The summed E-state index contributed by atoms with van der Waals surface area (Å²) < 4.78 is 5.28. The Morgan fingerprint density at radius 1 is 0.744 bits per heavy atom. The van der Waals surface area contributed by atoms with E-state index in [4.69, 9.17) is 4.74 Å². The van der Waals surface area contributed by atoms with Crippen molar-refractivity contribution in [2.45, 2.75) is 11.8 Å². The number of hydrogen-bond donors (Lipinski definition) is 4. The molecule has 0 aliphatic heterocycles. The third-order valence-corrected chi connectivity index (χ3v) is 6.88. The maximum Gasteiger partial charge on any atom is 0.272 e. The molecule has 0 saturated carbocycles. The van der Waals surface area contributed by atoms with Gasteiger partial charge in [0.15, 0.2) is 0 Å². The van der Waals surface area contributed by atoms with E-state index in [0.29, 0.717) is 33.9 Å². The molecular weight excluding hydrogens is 564 g/mol. The van der Waals surface area contributed by atoms with Crippen LogP contribution in [0.1, 0.15) is 22.8 Å². The smallest absolute Gasteiger partial charge is 0.272 e. The van der Waals surface area contributed by atoms with Gasteiger partial charge < -0.3 is 26.0 Å². The molecule has 0 spiro atoms. The fourth-order valence-electron chi connectivity index (χ4n) is 3.89. The monoisotopic (exact) mass is 594 g/mol. The summed E-state index contributed by atoms with van der Waals surface area (Å²) in [7, 11) is 1.55. The zero-order valence-corrected chi connectivity index (χ0v) is 24.4. The Morgan fingerprint density at radius 3 is 2.14 bits per heavy atom. The van der Waals surface area contributed by atoms with Gasteiger partial charge in [0, 0.05) is 34.4 Å². The standard InChI is InChI=1S/C33H30N4O5S/c1-22(38)34-25-14-16-26(17-15-25)35-31(39)21-43-29-13-7-11-27(20-29)36-33(41)30(19-23-8-6-12-28(18-23)42-2)37-32(40)24-9-4-3-5-10-24/h3-20H,21H2,1-2H3,(H,34,38)(H,35,39)(H,36,41)(H,37,40)/b30-19-. The van der Waals surface area contributed by atoms with Crippen molar-refractivity contribution in [2.24, 2.45) is 0 Å². The first-order valence-electron chi connectivity index (χ1n) is 13.2. The Kier molecular flexibility index (Phi) is 10.7. The molecule has 218 valence electrons. The van der Waals surface area contributed by atoms with Gasteiger partial charge in [-0.2, -0.15) is 0 Å². The summed E-state index contributed by atoms with van der Waals surface area (Å²) in [5, 5.41) is 11.1. The van der Waals surface area contributed by atoms with Crippen molar-refractivity contribution >= 4 is 58.5 Å². The number of anilines is 3. The maximum absolute atomic E-state index is 13.4. The molecule has 4 aromatic rings. The average molecular weight is 595 g/mol. The molecule has 0 aromatic heterocycles. The molecule has 4 aromatic carbocycles. The first-order chi connectivity index (χ1) is 20.8. The predicted octanol–water partition coefficient (Wildman–Crippen LogP) is 5.79. The highest BCUT2D eigenvalue weighted by atomic mass is 32.2. The molecule has 0 radical (unpaired) electrons. The van der Waals surface area contributed by atoms with Crippen LogP contribution < -0.4 is 26.0 Å². The maximum atomic E-state index is 13.4. The van der Waals surface area contributed by atoms with Crippen molar-refractivity contribution in [3.63, 3.8) is 0 Å². The van der Waals surface area contributed by atoms with Crippen molar-refractivity contribution in [1.29, 1.82) is 0 Å². The number of ether oxygens (including phenoxy) is 1. The van der Waals surface area contributed by atoms with Gasteiger partial charge >= 0.3 is 0 Å². The van der Waals surface area contributed by atoms with Crippen molar-refractivity contribution in [1.82, 2.24) is 5.32 Å². The summed E-state index contributed by atoms with van der Waals surface area (Å²) >= 11 is 1.31. The second-order valence-corrected chi connectivity index (χ2v) is 10.3. The van der Waals surface area contributed by atoms with Gasteiger partial charge in [-0.25, -0.2) is 0 Å². The summed E-state index contributed by atoms with van der Waals surface area (Å²) in [5.41, 5.74) is 2.86. The van der Waals surface area contributed by atoms with Crippen LogP contribution in [0.5, 0.6) is 5.75 Å². The summed E-state index contributed by atoms with van der Waals surface area (Å²) in [6.45, 7) is 1.43. The molecule has 0 saturated heterocycles. The van der Waals surface area contributed by atoms with Gasteiger partial charge in [-0.05, 0) is 78.4 Å². The van der Waals surface area contributed by atoms with Gasteiger partial charge in [-0.15, -0.1) is 11.8 Å². The van der Waals surface area contributed by atoms with Crippen LogP contribution in [-0.4, -0.2) is 36.5 Å². The van der Waals surface area contributed by atoms with Crippen LogP contribution in [0.2, 0.25) is 0 Å². The highest BCUT2D eigenvalue weighted by molar-refractivity contribution is 8.00. The second-order valence-electron chi connectivity index (χ2n) is 9.23. The minimum atomic E-state index is -0.519. The number of carbonyl (C=O) groups is 4. The molecular formula is C33H30N4O5S. The fraction of sp³-hybridized carbons (Fsp3) is 0.0909. The third-order valence-electron chi connectivity index (χ3n) is 5.88. The first kappa shape index (κ1) is 30.6. The zero-order chi connectivity index (χ0) is 30.6. The molecule has 0 bridgehead atoms. The molecule has 0 aliphatic rings. The van der Waals surface area contributed by atoms with E-state index in [9.17, 15) is 19.2 Å². The van der Waals surface area contributed by atoms with Gasteiger partial charge in [0.2, 0.25) is 11.8 Å². The normalized spacial score (nSPS) is 10.8. The van der Waals surface area contributed by atoms with E-state index in [1.165, 1.54) is 18.7 Å². The van der Waals surface area contributed by atoms with Crippen LogP contribution >= 0.6 is 11.8 Å². The Labute approximate surface area is 253 Å². The van der Waals surface area contributed by atoms with Crippen LogP contribution in [0.15, 0.2) is 114 Å². The minimum absolute atomic E-state index is 0.0454. The number of amides is 4. The van der Waals surface area contributed by atoms with Gasteiger partial charge in [0.25, 0.3) is 11.8 Å². The van der Waals surface area contributed by atoms with Crippen LogP contribution in [0.25, 0.3) is 6.08 Å². The van der Waals surface area contributed by atoms with Gasteiger partial charge in [-0.1, -0.05) is 36.4 Å². The van der Waals surface area contributed by atoms with Gasteiger partial charge in [-0.3, -0.25) is 19.2 Å². The third kappa shape index (κ3) is 9.61. The molecule has 0 fully saturated rings. The topological polar surface area (TPSA) is 126 Å². The van der Waals surface area contributed by atoms with E-state index in [0.717, 1.165) is 4.90 Å². The Balaban J connectivity index is 1.42. The van der Waals surface area contributed by atoms with Crippen molar-refractivity contribution in [3.8, 4) is 5.75 Å². The number of thioether (sulfide) groups is 1. The molecule has 10 heteroatoms. The van der Waals surface area contributed by atoms with E-state index in [1.54, 1.807) is 110 Å². The molecule has 43 heavy (non-hydrogen) atoms. The largest absolute Gasteiger partial charge is 0.497 e. The van der Waals surface area contributed by atoms with E-state index < -0.39 is 11.8 Å². The number of carbonyl (C=O) groups excluding carboxylic acids is 4. The van der Waals surface area contributed by atoms with E-state index >= 15 is 0 Å². The molecule has 0 aliphatic carbocycles. The summed E-state index contributed by atoms with van der Waals surface area (Å²) in [4.78, 5) is 50.7. The van der Waals surface area contributed by atoms with Gasteiger partial charge in [0.1, 0.15) is 11.4 Å². The van der Waals surface area contributed by atoms with Crippen LogP contribution in [0.3, 0.4) is 0 Å². The fourth-order valence-corrected chi connectivity index (χ4v) is 4.64. The van der Waals surface area contributed by atoms with Crippen molar-refractivity contribution < 1.29 is 23.9 Å². The highest BCUT2D eigenvalue weighted by Gasteiger charge is 2.16. The Morgan fingerprint density at radius 2 is 1.44 bits per heavy atom. The van der Waals surface area contributed by atoms with E-state index in [-0.39, 0.29) is 23.3 Å². The molecule has 4 amide bonds. The molecule has 0 heterocycles. The van der Waals surface area contributed by atoms with Crippen LogP contribution in [0.4, 0.5) is 17.1 Å². The van der Waals surface area contributed by atoms with E-state index in [1.807, 2.05) is 6.07 Å². The quantitative estimate of drug-likeness (QED) is 0.129. The predicted molar refractivity (Wildman–Crippen MR) is 170 cm³/mol. The Bertz CT molecular complexity index is 1640. The lowest BCUT2D eigenvalue weighted by molar-refractivity contribution is -0.114. The minimum Gasteiger partial charge on any atom is -0.497 e. The summed E-state index contributed by atoms with van der Waals surface area (Å²) in [5.74, 6) is -0.580. The molecule has 4 N–H and O–H groups in total. The SMILES string of the molecule is COc1cccc(/C=C(\NC(=O)c2ccccc2)C(=O)Nc2cccc(SCC(=O)Nc3ccc(NC(C)=O)cc3)c2)c1. The lowest BCUT2D eigenvalue weighted by atomic mass is 10.1. The molecule has 9 nitrogen and oxygen atoms in total. The lowest BCUT2D eigenvalue weighted by Crippen LogP contribution is -2.30. The van der Waals surface area contributed by atoms with Crippen molar-refractivity contribution in [3.05, 3.63) is 120 Å². The number of rotatable bonds is 11. The molecule has 0 unspecified atom stereocenters. The first-order valence-corrected chi connectivity index (χ1v) is 14.2. The number of nitrogens with one attached hydrogen (secondary N) is 4. The lowest BCUT2D eigenvalue weighted by Gasteiger charge is -2.12. The zero-order valence-electron chi connectivity index (χ0n) is 23.5.